The summed E-state index contributed by atoms with van der Waals surface area (Å²) in [4.78, 5) is 37.5. The van der Waals surface area contributed by atoms with Gasteiger partial charge in [0, 0.05) is 18.7 Å². The third-order valence-corrected chi connectivity index (χ3v) is 7.74. The van der Waals surface area contributed by atoms with Crippen molar-refractivity contribution >= 4 is 27.5 Å². The van der Waals surface area contributed by atoms with Crippen molar-refractivity contribution in [2.75, 3.05) is 6.54 Å². The van der Waals surface area contributed by atoms with Crippen LogP contribution in [0.25, 0.3) is 0 Å². The Morgan fingerprint density at radius 2 is 1.76 bits per heavy atom. The molecule has 33 heavy (non-hydrogen) atoms. The number of likely N-dealkylation sites (tertiary alicyclic amines) is 1. The molecule has 0 unspecified atom stereocenters. The van der Waals surface area contributed by atoms with E-state index in [1.54, 1.807) is 12.2 Å². The summed E-state index contributed by atoms with van der Waals surface area (Å²) in [6.07, 6.45) is 2.74. The standard InChI is InChI=1S/C22H19N3O7S/c26-20-18-17-10-11-22(32-17,19(18)21(27)24(20)12-14-4-2-1-3-5-14)13-23-33(30,31)16-8-6-15(7-9-16)25(28)29/h1-11,17-19,23H,12-13H2/t17-,18-,19-,22+/m1/s1. The summed E-state index contributed by atoms with van der Waals surface area (Å²) in [6.45, 7) is -0.110. The molecular formula is C22H19N3O7S. The number of sulfonamides is 1. The minimum absolute atomic E-state index is 0.142. The third kappa shape index (κ3) is 3.45. The first kappa shape index (κ1) is 21.4. The Balaban J connectivity index is 1.36. The predicted octanol–water partition coefficient (Wildman–Crippen LogP) is 1.38. The van der Waals surface area contributed by atoms with E-state index in [1.165, 1.54) is 4.90 Å². The normalized spacial score (nSPS) is 27.9. The summed E-state index contributed by atoms with van der Waals surface area (Å²) in [6, 6.07) is 13.6. The lowest BCUT2D eigenvalue weighted by atomic mass is 9.77. The Kier molecular flexibility index (Phi) is 4.92. The first-order valence-corrected chi connectivity index (χ1v) is 11.7. The number of imide groups is 1. The number of hydrogen-bond donors (Lipinski definition) is 1. The molecule has 2 aromatic rings. The fourth-order valence-electron chi connectivity index (χ4n) is 4.73. The van der Waals surface area contributed by atoms with Gasteiger partial charge in [-0.25, -0.2) is 13.1 Å². The minimum Gasteiger partial charge on any atom is -0.361 e. The van der Waals surface area contributed by atoms with Crippen LogP contribution in [0, 0.1) is 22.0 Å². The number of fused-ring (bicyclic) bond motifs is 5. The highest BCUT2D eigenvalue weighted by Crippen LogP contribution is 2.51. The van der Waals surface area contributed by atoms with Gasteiger partial charge in [-0.2, -0.15) is 0 Å². The van der Waals surface area contributed by atoms with Crippen molar-refractivity contribution in [3.63, 3.8) is 0 Å². The van der Waals surface area contributed by atoms with E-state index in [9.17, 15) is 28.1 Å². The number of rotatable bonds is 7. The van der Waals surface area contributed by atoms with Gasteiger partial charge in [-0.3, -0.25) is 24.6 Å². The summed E-state index contributed by atoms with van der Waals surface area (Å²) < 4.78 is 33.9. The van der Waals surface area contributed by atoms with Gasteiger partial charge in [0.15, 0.2) is 0 Å². The smallest absolute Gasteiger partial charge is 0.269 e. The molecule has 0 radical (unpaired) electrons. The number of hydrogen-bond acceptors (Lipinski definition) is 7. The fraction of sp³-hybridized carbons (Fsp3) is 0.273. The lowest BCUT2D eigenvalue weighted by molar-refractivity contribution is -0.384. The van der Waals surface area contributed by atoms with Gasteiger partial charge in [-0.1, -0.05) is 42.5 Å². The van der Waals surface area contributed by atoms with Crippen molar-refractivity contribution in [2.45, 2.75) is 23.1 Å². The maximum atomic E-state index is 13.2. The molecule has 11 heteroatoms. The number of nitro groups is 1. The van der Waals surface area contributed by atoms with E-state index in [2.05, 4.69) is 4.72 Å². The van der Waals surface area contributed by atoms with Crippen molar-refractivity contribution in [3.8, 4) is 0 Å². The van der Waals surface area contributed by atoms with Crippen molar-refractivity contribution in [3.05, 3.63) is 82.4 Å². The first-order chi connectivity index (χ1) is 15.7. The zero-order chi connectivity index (χ0) is 23.4. The number of ether oxygens (including phenoxy) is 1. The number of carbonyl (C=O) groups excluding carboxylic acids is 2. The average molecular weight is 469 g/mol. The number of benzene rings is 2. The summed E-state index contributed by atoms with van der Waals surface area (Å²) in [5, 5.41) is 10.8. The molecule has 4 atom stereocenters. The van der Waals surface area contributed by atoms with Crippen molar-refractivity contribution in [2.24, 2.45) is 11.8 Å². The van der Waals surface area contributed by atoms with Crippen LogP contribution in [0.2, 0.25) is 0 Å². The van der Waals surface area contributed by atoms with Gasteiger partial charge in [0.1, 0.15) is 5.60 Å². The van der Waals surface area contributed by atoms with E-state index in [-0.39, 0.29) is 29.6 Å². The summed E-state index contributed by atoms with van der Waals surface area (Å²) in [5.41, 5.74) is -0.695. The van der Waals surface area contributed by atoms with Gasteiger partial charge in [-0.05, 0) is 17.7 Å². The van der Waals surface area contributed by atoms with Crippen LogP contribution >= 0.6 is 0 Å². The summed E-state index contributed by atoms with van der Waals surface area (Å²) in [7, 11) is -4.04. The van der Waals surface area contributed by atoms with Gasteiger partial charge in [0.05, 0.1) is 34.3 Å². The molecule has 2 aromatic carbocycles. The maximum absolute atomic E-state index is 13.2. The monoisotopic (exact) mass is 469 g/mol. The molecule has 2 fully saturated rings. The van der Waals surface area contributed by atoms with E-state index in [4.69, 9.17) is 4.74 Å². The number of nitrogens with one attached hydrogen (secondary N) is 1. The van der Waals surface area contributed by atoms with Crippen LogP contribution in [0.3, 0.4) is 0 Å². The largest absolute Gasteiger partial charge is 0.361 e. The van der Waals surface area contributed by atoms with Crippen LogP contribution < -0.4 is 4.72 Å². The van der Waals surface area contributed by atoms with Crippen LogP contribution in [0.5, 0.6) is 0 Å². The molecule has 170 valence electrons. The van der Waals surface area contributed by atoms with E-state index >= 15 is 0 Å². The van der Waals surface area contributed by atoms with Crippen molar-refractivity contribution in [1.82, 2.24) is 9.62 Å². The Labute approximate surface area is 189 Å². The highest BCUT2D eigenvalue weighted by atomic mass is 32.2. The van der Waals surface area contributed by atoms with E-state index in [1.807, 2.05) is 30.3 Å². The molecule has 1 N–H and O–H groups in total. The van der Waals surface area contributed by atoms with Crippen molar-refractivity contribution in [1.29, 1.82) is 0 Å². The molecule has 2 amide bonds. The molecule has 2 saturated heterocycles. The van der Waals surface area contributed by atoms with Crippen LogP contribution in [-0.2, 0) is 30.9 Å². The number of carbonyl (C=O) groups is 2. The van der Waals surface area contributed by atoms with E-state index in [0.29, 0.717) is 0 Å². The van der Waals surface area contributed by atoms with Crippen molar-refractivity contribution < 1.29 is 27.7 Å². The highest BCUT2D eigenvalue weighted by molar-refractivity contribution is 7.89. The third-order valence-electron chi connectivity index (χ3n) is 6.33. The number of nitro benzene ring substituents is 1. The van der Waals surface area contributed by atoms with Gasteiger partial charge in [0.2, 0.25) is 21.8 Å². The summed E-state index contributed by atoms with van der Waals surface area (Å²) in [5.74, 6) is -2.25. The number of non-ortho nitro benzene ring substituents is 1. The average Bonchev–Trinajstić information content (AvgIpc) is 3.45. The first-order valence-electron chi connectivity index (χ1n) is 10.2. The molecule has 3 aliphatic rings. The Hall–Kier alpha value is -3.41. The predicted molar refractivity (Wildman–Crippen MR) is 114 cm³/mol. The van der Waals surface area contributed by atoms with Crippen LogP contribution in [0.4, 0.5) is 5.69 Å². The Bertz CT molecular complexity index is 1280. The number of amides is 2. The topological polar surface area (TPSA) is 136 Å². The Morgan fingerprint density at radius 1 is 1.06 bits per heavy atom. The van der Waals surface area contributed by atoms with Crippen LogP contribution in [-0.4, -0.2) is 48.3 Å². The van der Waals surface area contributed by atoms with E-state index in [0.717, 1.165) is 29.8 Å². The molecule has 2 bridgehead atoms. The van der Waals surface area contributed by atoms with E-state index < -0.39 is 44.4 Å². The lowest BCUT2D eigenvalue weighted by Gasteiger charge is -2.29. The SMILES string of the molecule is O=C1[C@@H]2[C@H]3C=C[C@@](CNS(=O)(=O)c4ccc([N+](=O)[O-])cc4)(O3)[C@H]2C(=O)N1Cc1ccccc1. The zero-order valence-corrected chi connectivity index (χ0v) is 18.0. The molecule has 3 aliphatic heterocycles. The van der Waals surface area contributed by atoms with Crippen LogP contribution in [0.15, 0.2) is 71.6 Å². The molecule has 10 nitrogen and oxygen atoms in total. The number of nitrogens with zero attached hydrogens (tertiary/aromatic N) is 2. The summed E-state index contributed by atoms with van der Waals surface area (Å²) >= 11 is 0. The lowest BCUT2D eigenvalue weighted by Crippen LogP contribution is -2.48. The van der Waals surface area contributed by atoms with Crippen LogP contribution in [0.1, 0.15) is 5.56 Å². The highest BCUT2D eigenvalue weighted by Gasteiger charge is 2.67. The second kappa shape index (κ2) is 7.58. The molecule has 3 heterocycles. The van der Waals surface area contributed by atoms with Gasteiger partial charge < -0.3 is 4.74 Å². The maximum Gasteiger partial charge on any atom is 0.269 e. The van der Waals surface area contributed by atoms with Gasteiger partial charge >= 0.3 is 0 Å². The Morgan fingerprint density at radius 3 is 2.42 bits per heavy atom. The van der Waals surface area contributed by atoms with Gasteiger partial charge in [0.25, 0.3) is 5.69 Å². The second-order valence-electron chi connectivity index (χ2n) is 8.22. The van der Waals surface area contributed by atoms with Gasteiger partial charge in [-0.15, -0.1) is 0 Å². The molecule has 0 saturated carbocycles. The molecule has 0 aromatic heterocycles. The quantitative estimate of drug-likeness (QED) is 0.280. The molecular weight excluding hydrogens is 450 g/mol. The fourth-order valence-corrected chi connectivity index (χ4v) is 5.80. The molecule has 5 rings (SSSR count). The molecule has 0 aliphatic carbocycles. The molecule has 0 spiro atoms. The zero-order valence-electron chi connectivity index (χ0n) is 17.2. The minimum atomic E-state index is -4.04. The second-order valence-corrected chi connectivity index (χ2v) is 9.99.